The molecule has 2 atom stereocenters. The van der Waals surface area contributed by atoms with E-state index in [4.69, 9.17) is 4.74 Å². The van der Waals surface area contributed by atoms with Crippen LogP contribution < -0.4 is 10.1 Å². The topological polar surface area (TPSA) is 41.6 Å². The van der Waals surface area contributed by atoms with Crippen molar-refractivity contribution in [2.75, 3.05) is 6.54 Å². The average molecular weight is 354 g/mol. The van der Waals surface area contributed by atoms with Gasteiger partial charge in [-0.1, -0.05) is 36.4 Å². The van der Waals surface area contributed by atoms with Gasteiger partial charge < -0.3 is 15.0 Å². The number of urea groups is 1. The molecule has 1 N–H and O–H groups in total. The van der Waals surface area contributed by atoms with Gasteiger partial charge in [-0.05, 0) is 37.5 Å². The van der Waals surface area contributed by atoms with Crippen LogP contribution in [-0.4, -0.2) is 29.6 Å². The first-order chi connectivity index (χ1) is 12.6. The Bertz CT molecular complexity index is 781. The third-order valence-corrected chi connectivity index (χ3v) is 5.14. The lowest BCUT2D eigenvalue weighted by Crippen LogP contribution is -2.46. The van der Waals surface area contributed by atoms with Gasteiger partial charge in [0.1, 0.15) is 17.7 Å². The highest BCUT2D eigenvalue weighted by Crippen LogP contribution is 2.35. The largest absolute Gasteiger partial charge is 0.488 e. The summed E-state index contributed by atoms with van der Waals surface area (Å²) in [6.45, 7) is 2.33. The molecule has 0 aromatic heterocycles. The SMILES string of the molecule is C[C@@H](c1ccccc1F)N(C(=O)NC[C@@H]1Cc2ccccc2O1)C1CC1. The van der Waals surface area contributed by atoms with Crippen LogP contribution >= 0.6 is 0 Å². The molecule has 0 unspecified atom stereocenters. The molecule has 4 nitrogen and oxygen atoms in total. The number of hydrogen-bond acceptors (Lipinski definition) is 2. The van der Waals surface area contributed by atoms with E-state index in [1.807, 2.05) is 37.3 Å². The van der Waals surface area contributed by atoms with Crippen LogP contribution in [0.25, 0.3) is 0 Å². The molecule has 0 spiro atoms. The molecule has 1 fully saturated rings. The first kappa shape index (κ1) is 16.9. The third kappa shape index (κ3) is 3.39. The predicted molar refractivity (Wildman–Crippen MR) is 97.6 cm³/mol. The first-order valence-corrected chi connectivity index (χ1v) is 9.18. The number of carbonyl (C=O) groups is 1. The molecular weight excluding hydrogens is 331 g/mol. The maximum atomic E-state index is 14.2. The van der Waals surface area contributed by atoms with E-state index >= 15 is 0 Å². The molecule has 0 radical (unpaired) electrons. The van der Waals surface area contributed by atoms with E-state index in [-0.39, 0.29) is 30.0 Å². The molecule has 4 rings (SSSR count). The normalized spacial score (nSPS) is 19.4. The Morgan fingerprint density at radius 2 is 1.96 bits per heavy atom. The molecule has 1 aliphatic heterocycles. The van der Waals surface area contributed by atoms with Crippen molar-refractivity contribution in [3.63, 3.8) is 0 Å². The number of rotatable bonds is 5. The summed E-state index contributed by atoms with van der Waals surface area (Å²) in [4.78, 5) is 14.6. The van der Waals surface area contributed by atoms with Gasteiger partial charge in [0.05, 0.1) is 12.6 Å². The second kappa shape index (κ2) is 6.98. The van der Waals surface area contributed by atoms with E-state index in [1.165, 1.54) is 11.6 Å². The molecule has 1 saturated carbocycles. The predicted octanol–water partition coefficient (Wildman–Crippen LogP) is 4.06. The van der Waals surface area contributed by atoms with Gasteiger partial charge in [0.2, 0.25) is 0 Å². The van der Waals surface area contributed by atoms with E-state index in [9.17, 15) is 9.18 Å². The summed E-state index contributed by atoms with van der Waals surface area (Å²) in [5, 5.41) is 2.99. The molecule has 26 heavy (non-hydrogen) atoms. The molecule has 0 saturated heterocycles. The molecule has 5 heteroatoms. The van der Waals surface area contributed by atoms with Crippen LogP contribution in [0, 0.1) is 5.82 Å². The summed E-state index contributed by atoms with van der Waals surface area (Å²) in [6.07, 6.45) is 2.68. The molecule has 2 amide bonds. The quantitative estimate of drug-likeness (QED) is 0.880. The minimum atomic E-state index is -0.301. The van der Waals surface area contributed by atoms with E-state index in [0.29, 0.717) is 12.1 Å². The van der Waals surface area contributed by atoms with Crippen molar-refractivity contribution in [2.24, 2.45) is 0 Å². The number of fused-ring (bicyclic) bond motifs is 1. The van der Waals surface area contributed by atoms with Crippen molar-refractivity contribution >= 4 is 6.03 Å². The Kier molecular flexibility index (Phi) is 4.53. The Morgan fingerprint density at radius 3 is 2.69 bits per heavy atom. The van der Waals surface area contributed by atoms with Crippen LogP contribution in [0.15, 0.2) is 48.5 Å². The highest BCUT2D eigenvalue weighted by atomic mass is 19.1. The molecule has 1 aliphatic carbocycles. The number of nitrogens with zero attached hydrogens (tertiary/aromatic N) is 1. The number of halogens is 1. The van der Waals surface area contributed by atoms with Crippen molar-refractivity contribution < 1.29 is 13.9 Å². The summed E-state index contributed by atoms with van der Waals surface area (Å²) in [6, 6.07) is 14.3. The summed E-state index contributed by atoms with van der Waals surface area (Å²) in [5.41, 5.74) is 1.73. The Labute approximate surface area is 153 Å². The molecule has 136 valence electrons. The maximum Gasteiger partial charge on any atom is 0.318 e. The van der Waals surface area contributed by atoms with E-state index in [2.05, 4.69) is 5.32 Å². The van der Waals surface area contributed by atoms with Crippen LogP contribution in [0.3, 0.4) is 0 Å². The van der Waals surface area contributed by atoms with E-state index < -0.39 is 0 Å². The van der Waals surface area contributed by atoms with Crippen LogP contribution in [-0.2, 0) is 6.42 Å². The summed E-state index contributed by atoms with van der Waals surface area (Å²) in [5.74, 6) is 0.624. The van der Waals surface area contributed by atoms with Crippen molar-refractivity contribution in [2.45, 2.75) is 44.4 Å². The van der Waals surface area contributed by atoms with Crippen molar-refractivity contribution in [3.8, 4) is 5.75 Å². The molecule has 2 aromatic carbocycles. The van der Waals surface area contributed by atoms with Gasteiger partial charge in [0.25, 0.3) is 0 Å². The van der Waals surface area contributed by atoms with Gasteiger partial charge >= 0.3 is 6.03 Å². The fraction of sp³-hybridized carbons (Fsp3) is 0.381. The number of hydrogen-bond donors (Lipinski definition) is 1. The maximum absolute atomic E-state index is 14.2. The summed E-state index contributed by atoms with van der Waals surface area (Å²) >= 11 is 0. The molecule has 2 aromatic rings. The van der Waals surface area contributed by atoms with Gasteiger partial charge in [-0.3, -0.25) is 0 Å². The van der Waals surface area contributed by atoms with Crippen molar-refractivity contribution in [1.29, 1.82) is 0 Å². The van der Waals surface area contributed by atoms with E-state index in [0.717, 1.165) is 25.0 Å². The molecule has 0 bridgehead atoms. The lowest BCUT2D eigenvalue weighted by Gasteiger charge is -2.30. The first-order valence-electron chi connectivity index (χ1n) is 9.18. The number of benzene rings is 2. The van der Waals surface area contributed by atoms with Crippen LogP contribution in [0.1, 0.15) is 36.9 Å². The van der Waals surface area contributed by atoms with Gasteiger partial charge in [-0.2, -0.15) is 0 Å². The zero-order valence-corrected chi connectivity index (χ0v) is 14.8. The van der Waals surface area contributed by atoms with Crippen molar-refractivity contribution in [1.82, 2.24) is 10.2 Å². The number of ether oxygens (including phenoxy) is 1. The number of amides is 2. The third-order valence-electron chi connectivity index (χ3n) is 5.14. The van der Waals surface area contributed by atoms with Crippen LogP contribution in [0.4, 0.5) is 9.18 Å². The highest BCUT2D eigenvalue weighted by Gasteiger charge is 2.37. The standard InChI is InChI=1S/C21H23FN2O2/c1-14(18-7-3-4-8-19(18)22)24(16-10-11-16)21(25)23-13-17-12-15-6-2-5-9-20(15)26-17/h2-9,14,16-17H,10-13H2,1H3,(H,23,25)/t14-,17-/m0/s1. The molecular formula is C21H23FN2O2. The van der Waals surface area contributed by atoms with Crippen LogP contribution in [0.2, 0.25) is 0 Å². The van der Waals surface area contributed by atoms with Crippen molar-refractivity contribution in [3.05, 3.63) is 65.5 Å². The highest BCUT2D eigenvalue weighted by molar-refractivity contribution is 5.75. The zero-order chi connectivity index (χ0) is 18.1. The van der Waals surface area contributed by atoms with Gasteiger partial charge in [-0.15, -0.1) is 0 Å². The van der Waals surface area contributed by atoms with Gasteiger partial charge in [0.15, 0.2) is 0 Å². The zero-order valence-electron chi connectivity index (χ0n) is 14.8. The molecule has 2 aliphatic rings. The minimum absolute atomic E-state index is 0.0545. The number of nitrogens with one attached hydrogen (secondary N) is 1. The summed E-state index contributed by atoms with van der Waals surface area (Å²) in [7, 11) is 0. The molecule has 1 heterocycles. The lowest BCUT2D eigenvalue weighted by atomic mass is 10.1. The Balaban J connectivity index is 1.40. The average Bonchev–Trinajstić information content (AvgIpc) is 3.38. The second-order valence-corrected chi connectivity index (χ2v) is 7.07. The monoisotopic (exact) mass is 354 g/mol. The number of carbonyl (C=O) groups excluding carboxylic acids is 1. The smallest absolute Gasteiger partial charge is 0.318 e. The minimum Gasteiger partial charge on any atom is -0.488 e. The van der Waals surface area contributed by atoms with E-state index in [1.54, 1.807) is 17.0 Å². The fourth-order valence-corrected chi connectivity index (χ4v) is 3.63. The fourth-order valence-electron chi connectivity index (χ4n) is 3.63. The Morgan fingerprint density at radius 1 is 1.23 bits per heavy atom. The lowest BCUT2D eigenvalue weighted by molar-refractivity contribution is 0.164. The number of para-hydroxylation sites is 1. The second-order valence-electron chi connectivity index (χ2n) is 7.07. The summed E-state index contributed by atoms with van der Waals surface area (Å²) < 4.78 is 20.0. The van der Waals surface area contributed by atoms with Gasteiger partial charge in [-0.25, -0.2) is 9.18 Å². The Hall–Kier alpha value is -2.56. The van der Waals surface area contributed by atoms with Gasteiger partial charge in [0, 0.05) is 18.0 Å². The van der Waals surface area contributed by atoms with Crippen LogP contribution in [0.5, 0.6) is 5.75 Å².